The van der Waals surface area contributed by atoms with Crippen LogP contribution in [0.2, 0.25) is 0 Å². The molecule has 1 saturated carbocycles. The van der Waals surface area contributed by atoms with Crippen molar-refractivity contribution in [2.45, 2.75) is 31.9 Å². The molecule has 0 amide bonds. The second-order valence-corrected chi connectivity index (χ2v) is 4.79. The van der Waals surface area contributed by atoms with Gasteiger partial charge in [0.15, 0.2) is 0 Å². The van der Waals surface area contributed by atoms with Crippen molar-refractivity contribution in [3.8, 4) is 0 Å². The topological polar surface area (TPSA) is 30.5 Å². The minimum Gasteiger partial charge on any atom is -0.379 e. The van der Waals surface area contributed by atoms with Crippen LogP contribution in [-0.4, -0.2) is 32.4 Å². The molecular formula is C15H22FNO2. The normalized spacial score (nSPS) is 16.5. The third kappa shape index (κ3) is 5.27. The first-order valence-electron chi connectivity index (χ1n) is 6.97. The molecule has 0 radical (unpaired) electrons. The Labute approximate surface area is 114 Å². The van der Waals surface area contributed by atoms with Crippen LogP contribution in [-0.2, 0) is 9.47 Å². The van der Waals surface area contributed by atoms with Gasteiger partial charge in [-0.25, -0.2) is 4.39 Å². The molecule has 0 aromatic heterocycles. The molecule has 2 rings (SSSR count). The van der Waals surface area contributed by atoms with E-state index in [4.69, 9.17) is 9.47 Å². The van der Waals surface area contributed by atoms with Crippen LogP contribution >= 0.6 is 0 Å². The molecule has 19 heavy (non-hydrogen) atoms. The van der Waals surface area contributed by atoms with Gasteiger partial charge < -0.3 is 14.8 Å². The van der Waals surface area contributed by atoms with Gasteiger partial charge in [-0.3, -0.25) is 0 Å². The fraction of sp³-hybridized carbons (Fsp3) is 0.600. The van der Waals surface area contributed by atoms with E-state index in [9.17, 15) is 4.39 Å². The summed E-state index contributed by atoms with van der Waals surface area (Å²) in [7, 11) is 0. The van der Waals surface area contributed by atoms with Crippen molar-refractivity contribution < 1.29 is 13.9 Å². The summed E-state index contributed by atoms with van der Waals surface area (Å²) in [5, 5.41) is 3.45. The molecule has 106 valence electrons. The highest BCUT2D eigenvalue weighted by molar-refractivity contribution is 5.19. The molecule has 0 bridgehead atoms. The lowest BCUT2D eigenvalue weighted by Crippen LogP contribution is -2.26. The van der Waals surface area contributed by atoms with E-state index in [0.29, 0.717) is 25.9 Å². The molecule has 0 heterocycles. The number of benzene rings is 1. The molecule has 0 saturated heterocycles. The number of ether oxygens (including phenoxy) is 2. The van der Waals surface area contributed by atoms with Crippen LogP contribution in [0.15, 0.2) is 24.3 Å². The van der Waals surface area contributed by atoms with Gasteiger partial charge in [-0.1, -0.05) is 12.1 Å². The summed E-state index contributed by atoms with van der Waals surface area (Å²) < 4.78 is 24.1. The molecular weight excluding hydrogens is 245 g/mol. The summed E-state index contributed by atoms with van der Waals surface area (Å²) in [5.74, 6) is -0.216. The molecule has 1 aliphatic rings. The van der Waals surface area contributed by atoms with Crippen molar-refractivity contribution >= 4 is 0 Å². The maximum Gasteiger partial charge on any atom is 0.123 e. The Kier molecular flexibility index (Phi) is 5.76. The smallest absolute Gasteiger partial charge is 0.123 e. The average molecular weight is 267 g/mol. The number of hydrogen-bond acceptors (Lipinski definition) is 3. The Morgan fingerprint density at radius 1 is 1.26 bits per heavy atom. The first-order valence-corrected chi connectivity index (χ1v) is 6.97. The summed E-state index contributed by atoms with van der Waals surface area (Å²) in [5.41, 5.74) is 1.01. The summed E-state index contributed by atoms with van der Waals surface area (Å²) in [6, 6.07) is 7.17. The monoisotopic (exact) mass is 267 g/mol. The molecule has 1 aromatic rings. The Morgan fingerprint density at radius 2 is 2.00 bits per heavy atom. The van der Waals surface area contributed by atoms with Crippen LogP contribution in [0.5, 0.6) is 0 Å². The number of hydrogen-bond donors (Lipinski definition) is 1. The van der Waals surface area contributed by atoms with E-state index < -0.39 is 0 Å². The first-order chi connectivity index (χ1) is 9.29. The van der Waals surface area contributed by atoms with E-state index in [1.165, 1.54) is 25.0 Å². The second-order valence-electron chi connectivity index (χ2n) is 4.79. The lowest BCUT2D eigenvalue weighted by atomic mass is 10.1. The van der Waals surface area contributed by atoms with E-state index >= 15 is 0 Å². The van der Waals surface area contributed by atoms with E-state index in [1.54, 1.807) is 12.1 Å². The van der Waals surface area contributed by atoms with Gasteiger partial charge in [0.2, 0.25) is 0 Å². The quantitative estimate of drug-likeness (QED) is 0.698. The second kappa shape index (κ2) is 7.58. The van der Waals surface area contributed by atoms with Crippen molar-refractivity contribution in [1.29, 1.82) is 0 Å². The van der Waals surface area contributed by atoms with Crippen LogP contribution in [0.4, 0.5) is 4.39 Å². The molecule has 1 aliphatic carbocycles. The highest BCUT2D eigenvalue weighted by Gasteiger charge is 2.22. The molecule has 4 heteroatoms. The molecule has 1 N–H and O–H groups in total. The molecule has 3 nitrogen and oxygen atoms in total. The standard InChI is InChI=1S/C15H22FNO2/c1-2-18-9-10-19-15(11-17-14-7-8-14)12-3-5-13(16)6-4-12/h3-6,14-15,17H,2,7-11H2,1H3. The highest BCUT2D eigenvalue weighted by Crippen LogP contribution is 2.22. The Bertz CT molecular complexity index is 365. The van der Waals surface area contributed by atoms with Crippen LogP contribution in [0.1, 0.15) is 31.4 Å². The number of halogens is 1. The van der Waals surface area contributed by atoms with Crippen molar-refractivity contribution in [3.05, 3.63) is 35.6 Å². The third-order valence-electron chi connectivity index (χ3n) is 3.16. The fourth-order valence-corrected chi connectivity index (χ4v) is 1.91. The van der Waals surface area contributed by atoms with Gasteiger partial charge in [0.1, 0.15) is 5.82 Å². The SMILES string of the molecule is CCOCCOC(CNC1CC1)c1ccc(F)cc1. The average Bonchev–Trinajstić information content (AvgIpc) is 3.23. The molecule has 1 unspecified atom stereocenters. The van der Waals surface area contributed by atoms with E-state index in [1.807, 2.05) is 6.92 Å². The van der Waals surface area contributed by atoms with Crippen molar-refractivity contribution in [1.82, 2.24) is 5.32 Å². The van der Waals surface area contributed by atoms with Crippen molar-refractivity contribution in [2.75, 3.05) is 26.4 Å². The maximum atomic E-state index is 13.0. The minimum absolute atomic E-state index is 0.0401. The minimum atomic E-state index is -0.216. The van der Waals surface area contributed by atoms with Crippen molar-refractivity contribution in [3.63, 3.8) is 0 Å². The zero-order valence-corrected chi connectivity index (χ0v) is 11.4. The van der Waals surface area contributed by atoms with Gasteiger partial charge in [0, 0.05) is 19.2 Å². The summed E-state index contributed by atoms with van der Waals surface area (Å²) >= 11 is 0. The van der Waals surface area contributed by atoms with Gasteiger partial charge >= 0.3 is 0 Å². The van der Waals surface area contributed by atoms with Gasteiger partial charge in [-0.2, -0.15) is 0 Å². The highest BCUT2D eigenvalue weighted by atomic mass is 19.1. The van der Waals surface area contributed by atoms with Crippen molar-refractivity contribution in [2.24, 2.45) is 0 Å². The van der Waals surface area contributed by atoms with Gasteiger partial charge in [-0.05, 0) is 37.5 Å². The van der Waals surface area contributed by atoms with Crippen LogP contribution in [0.25, 0.3) is 0 Å². The summed E-state index contributed by atoms with van der Waals surface area (Å²) in [6.45, 7) is 4.58. The largest absolute Gasteiger partial charge is 0.379 e. The molecule has 1 atom stereocenters. The molecule has 0 spiro atoms. The van der Waals surface area contributed by atoms with Crippen LogP contribution in [0, 0.1) is 5.82 Å². The maximum absolute atomic E-state index is 13.0. The number of rotatable bonds is 9. The molecule has 1 aromatic carbocycles. The fourth-order valence-electron chi connectivity index (χ4n) is 1.91. The zero-order valence-electron chi connectivity index (χ0n) is 11.4. The number of nitrogens with one attached hydrogen (secondary N) is 1. The Morgan fingerprint density at radius 3 is 2.63 bits per heavy atom. The van der Waals surface area contributed by atoms with Gasteiger partial charge in [0.25, 0.3) is 0 Å². The zero-order chi connectivity index (χ0) is 13.5. The van der Waals surface area contributed by atoms with Crippen LogP contribution < -0.4 is 5.32 Å². The lowest BCUT2D eigenvalue weighted by molar-refractivity contribution is 0.00670. The Hall–Kier alpha value is -0.970. The lowest BCUT2D eigenvalue weighted by Gasteiger charge is -2.19. The first kappa shape index (κ1) is 14.4. The van der Waals surface area contributed by atoms with E-state index in [-0.39, 0.29) is 11.9 Å². The Balaban J connectivity index is 1.85. The van der Waals surface area contributed by atoms with Crippen LogP contribution in [0.3, 0.4) is 0 Å². The summed E-state index contributed by atoms with van der Waals surface area (Å²) in [6.07, 6.45) is 2.45. The molecule has 1 fully saturated rings. The predicted octanol–water partition coefficient (Wildman–Crippen LogP) is 2.67. The van der Waals surface area contributed by atoms with E-state index in [0.717, 1.165) is 12.1 Å². The predicted molar refractivity (Wildman–Crippen MR) is 72.6 cm³/mol. The van der Waals surface area contributed by atoms with Gasteiger partial charge in [0.05, 0.1) is 19.3 Å². The van der Waals surface area contributed by atoms with Gasteiger partial charge in [-0.15, -0.1) is 0 Å². The summed E-state index contributed by atoms with van der Waals surface area (Å²) in [4.78, 5) is 0. The third-order valence-corrected chi connectivity index (χ3v) is 3.16. The molecule has 0 aliphatic heterocycles. The van der Waals surface area contributed by atoms with E-state index in [2.05, 4.69) is 5.32 Å².